The van der Waals surface area contributed by atoms with E-state index in [1.807, 2.05) is 0 Å². The van der Waals surface area contributed by atoms with E-state index in [-0.39, 0.29) is 11.8 Å². The van der Waals surface area contributed by atoms with Crippen molar-refractivity contribution in [3.63, 3.8) is 0 Å². The summed E-state index contributed by atoms with van der Waals surface area (Å²) < 4.78 is 4.67. The molecule has 0 aromatic rings. The summed E-state index contributed by atoms with van der Waals surface area (Å²) in [4.78, 5) is 10.7. The van der Waals surface area contributed by atoms with Gasteiger partial charge in [-0.15, -0.1) is 0 Å². The van der Waals surface area contributed by atoms with Gasteiger partial charge < -0.3 is 10.5 Å². The zero-order chi connectivity index (χ0) is 8.69. The molecule has 0 spiro atoms. The maximum Gasteiger partial charge on any atom is 0.305 e. The van der Waals surface area contributed by atoms with Gasteiger partial charge in [0, 0.05) is 12.8 Å². The van der Waals surface area contributed by atoms with Gasteiger partial charge >= 0.3 is 5.97 Å². The Morgan fingerprint density at radius 1 is 1.55 bits per heavy atom. The topological polar surface area (TPSA) is 76.2 Å². The van der Waals surface area contributed by atoms with Gasteiger partial charge in [-0.3, -0.25) is 10.2 Å². The second-order valence-electron chi connectivity index (χ2n) is 2.18. The number of hydrogen-bond donors (Lipinski definition) is 2. The minimum Gasteiger partial charge on any atom is -0.466 e. The molecule has 4 heteroatoms. The summed E-state index contributed by atoms with van der Waals surface area (Å²) in [6, 6.07) is 0. The van der Waals surface area contributed by atoms with Crippen LogP contribution in [0.4, 0.5) is 0 Å². The molecule has 64 valence electrons. The zero-order valence-corrected chi connectivity index (χ0v) is 6.72. The van der Waals surface area contributed by atoms with Crippen molar-refractivity contribution in [3.05, 3.63) is 0 Å². The SMILES string of the molecule is CCOC(=O)CCCC(=N)N. The van der Waals surface area contributed by atoms with Gasteiger partial charge in [-0.05, 0) is 13.3 Å². The molecule has 4 nitrogen and oxygen atoms in total. The lowest BCUT2D eigenvalue weighted by atomic mass is 10.2. The number of carbonyl (C=O) groups excluding carboxylic acids is 1. The Labute approximate surface area is 66.2 Å². The van der Waals surface area contributed by atoms with E-state index in [0.717, 1.165) is 0 Å². The molecule has 0 atom stereocenters. The third-order valence-corrected chi connectivity index (χ3v) is 1.13. The van der Waals surface area contributed by atoms with Crippen molar-refractivity contribution in [1.29, 1.82) is 5.41 Å². The second-order valence-corrected chi connectivity index (χ2v) is 2.18. The molecule has 0 aromatic carbocycles. The summed E-state index contributed by atoms with van der Waals surface area (Å²) >= 11 is 0. The average molecular weight is 158 g/mol. The Morgan fingerprint density at radius 3 is 2.64 bits per heavy atom. The third kappa shape index (κ3) is 6.83. The number of rotatable bonds is 5. The van der Waals surface area contributed by atoms with E-state index in [9.17, 15) is 4.79 Å². The van der Waals surface area contributed by atoms with Crippen molar-refractivity contribution < 1.29 is 9.53 Å². The van der Waals surface area contributed by atoms with E-state index in [2.05, 4.69) is 4.74 Å². The number of ether oxygens (including phenoxy) is 1. The molecule has 0 radical (unpaired) electrons. The van der Waals surface area contributed by atoms with E-state index >= 15 is 0 Å². The van der Waals surface area contributed by atoms with Crippen LogP contribution in [0.2, 0.25) is 0 Å². The summed E-state index contributed by atoms with van der Waals surface area (Å²) in [5.41, 5.74) is 5.08. The fourth-order valence-corrected chi connectivity index (χ4v) is 0.656. The smallest absolute Gasteiger partial charge is 0.305 e. The molecule has 3 N–H and O–H groups in total. The summed E-state index contributed by atoms with van der Waals surface area (Å²) in [7, 11) is 0. The van der Waals surface area contributed by atoms with Crippen molar-refractivity contribution in [1.82, 2.24) is 0 Å². The van der Waals surface area contributed by atoms with Gasteiger partial charge in [-0.1, -0.05) is 0 Å². The predicted octanol–water partition coefficient (Wildman–Crippen LogP) is 0.656. The largest absolute Gasteiger partial charge is 0.466 e. The van der Waals surface area contributed by atoms with Gasteiger partial charge in [0.15, 0.2) is 0 Å². The first-order valence-electron chi connectivity index (χ1n) is 3.65. The molecule has 0 amide bonds. The van der Waals surface area contributed by atoms with Gasteiger partial charge in [-0.25, -0.2) is 0 Å². The van der Waals surface area contributed by atoms with Crippen LogP contribution in [0, 0.1) is 5.41 Å². The van der Waals surface area contributed by atoms with Gasteiger partial charge in [-0.2, -0.15) is 0 Å². The van der Waals surface area contributed by atoms with Crippen LogP contribution >= 0.6 is 0 Å². The van der Waals surface area contributed by atoms with Crippen LogP contribution in [0.5, 0.6) is 0 Å². The predicted molar refractivity (Wildman–Crippen MR) is 42.4 cm³/mol. The quantitative estimate of drug-likeness (QED) is 0.350. The molecule has 0 saturated carbocycles. The Kier molecular flexibility index (Phi) is 5.15. The van der Waals surface area contributed by atoms with Crippen LogP contribution in [0.1, 0.15) is 26.2 Å². The Hall–Kier alpha value is -1.06. The van der Waals surface area contributed by atoms with E-state index in [1.165, 1.54) is 0 Å². The van der Waals surface area contributed by atoms with Crippen LogP contribution in [-0.2, 0) is 9.53 Å². The van der Waals surface area contributed by atoms with Crippen LogP contribution in [0.15, 0.2) is 0 Å². The first kappa shape index (κ1) is 9.94. The van der Waals surface area contributed by atoms with E-state index in [0.29, 0.717) is 25.9 Å². The monoisotopic (exact) mass is 158 g/mol. The lowest BCUT2D eigenvalue weighted by Crippen LogP contribution is -2.10. The van der Waals surface area contributed by atoms with Gasteiger partial charge in [0.05, 0.1) is 12.4 Å². The van der Waals surface area contributed by atoms with Crippen molar-refractivity contribution in [3.8, 4) is 0 Å². The fourth-order valence-electron chi connectivity index (χ4n) is 0.656. The maximum absolute atomic E-state index is 10.7. The number of esters is 1. The molecule has 0 unspecified atom stereocenters. The molecule has 0 rings (SSSR count). The first-order chi connectivity index (χ1) is 5.16. The molecule has 0 bridgehead atoms. The van der Waals surface area contributed by atoms with Crippen molar-refractivity contribution in [2.24, 2.45) is 5.73 Å². The standard InChI is InChI=1S/C7H14N2O2/c1-2-11-7(10)5-3-4-6(8)9/h2-5H2,1H3,(H3,8,9). The van der Waals surface area contributed by atoms with Gasteiger partial charge in [0.1, 0.15) is 0 Å². The number of nitrogens with two attached hydrogens (primary N) is 1. The van der Waals surface area contributed by atoms with E-state index in [1.54, 1.807) is 6.92 Å². The molecule has 0 fully saturated rings. The maximum atomic E-state index is 10.7. The zero-order valence-electron chi connectivity index (χ0n) is 6.72. The fraction of sp³-hybridized carbons (Fsp3) is 0.714. The average Bonchev–Trinajstić information content (AvgIpc) is 1.87. The van der Waals surface area contributed by atoms with E-state index in [4.69, 9.17) is 11.1 Å². The van der Waals surface area contributed by atoms with Crippen molar-refractivity contribution in [2.75, 3.05) is 6.61 Å². The molecule has 0 aromatic heterocycles. The summed E-state index contributed by atoms with van der Waals surface area (Å²) in [5.74, 6) is -0.0944. The summed E-state index contributed by atoms with van der Waals surface area (Å²) in [5, 5.41) is 6.87. The molecule has 0 aliphatic rings. The lowest BCUT2D eigenvalue weighted by molar-refractivity contribution is -0.143. The summed E-state index contributed by atoms with van der Waals surface area (Å²) in [6.07, 6.45) is 1.43. The normalized spacial score (nSPS) is 9.18. The third-order valence-electron chi connectivity index (χ3n) is 1.13. The molecule has 11 heavy (non-hydrogen) atoms. The molecular weight excluding hydrogens is 144 g/mol. The van der Waals surface area contributed by atoms with Gasteiger partial charge in [0.25, 0.3) is 0 Å². The highest BCUT2D eigenvalue weighted by molar-refractivity contribution is 5.77. The van der Waals surface area contributed by atoms with Gasteiger partial charge in [0.2, 0.25) is 0 Å². The first-order valence-corrected chi connectivity index (χ1v) is 3.65. The summed E-state index contributed by atoms with van der Waals surface area (Å²) in [6.45, 7) is 2.18. The molecule has 0 aliphatic carbocycles. The highest BCUT2D eigenvalue weighted by Crippen LogP contribution is 1.96. The molecule has 0 heterocycles. The number of carbonyl (C=O) groups is 1. The van der Waals surface area contributed by atoms with E-state index < -0.39 is 0 Å². The van der Waals surface area contributed by atoms with Crippen LogP contribution < -0.4 is 5.73 Å². The van der Waals surface area contributed by atoms with Crippen molar-refractivity contribution in [2.45, 2.75) is 26.2 Å². The second kappa shape index (κ2) is 5.70. The van der Waals surface area contributed by atoms with Crippen LogP contribution in [0.25, 0.3) is 0 Å². The molecule has 0 aliphatic heterocycles. The highest BCUT2D eigenvalue weighted by Gasteiger charge is 2.00. The Balaban J connectivity index is 3.24. The highest BCUT2D eigenvalue weighted by atomic mass is 16.5. The number of amidine groups is 1. The lowest BCUT2D eigenvalue weighted by Gasteiger charge is -1.99. The number of nitrogens with one attached hydrogen (secondary N) is 1. The van der Waals surface area contributed by atoms with Crippen LogP contribution in [0.3, 0.4) is 0 Å². The van der Waals surface area contributed by atoms with Crippen molar-refractivity contribution >= 4 is 11.8 Å². The minimum atomic E-state index is -0.214. The Bertz CT molecular complexity index is 145. The Morgan fingerprint density at radius 2 is 2.18 bits per heavy atom. The number of hydrogen-bond acceptors (Lipinski definition) is 3. The van der Waals surface area contributed by atoms with Crippen LogP contribution in [-0.4, -0.2) is 18.4 Å². The molecule has 0 saturated heterocycles. The molecular formula is C7H14N2O2. The minimum absolute atomic E-state index is 0.120.